The maximum atomic E-state index is 11.4. The third-order valence-electron chi connectivity index (χ3n) is 14.2. The summed E-state index contributed by atoms with van der Waals surface area (Å²) in [5.74, 6) is 0.949. The second-order valence-electron chi connectivity index (χ2n) is 20.3. The van der Waals surface area contributed by atoms with Crippen molar-refractivity contribution < 1.29 is 30.6 Å². The first kappa shape index (κ1) is 57.5. The largest absolute Gasteiger partial charge is 0.507 e. The molecule has 14 heteroatoms. The summed E-state index contributed by atoms with van der Waals surface area (Å²) in [6.07, 6.45) is 12.8. The number of fused-ring (bicyclic) bond motifs is 8. The van der Waals surface area contributed by atoms with Crippen molar-refractivity contribution in [1.82, 2.24) is 9.80 Å². The number of para-hydroxylation sites is 6. The fourth-order valence-corrected chi connectivity index (χ4v) is 9.79. The molecule has 0 saturated heterocycles. The van der Waals surface area contributed by atoms with Crippen molar-refractivity contribution in [1.29, 1.82) is 0 Å². The second kappa shape index (κ2) is 28.8. The number of rotatable bonds is 12. The lowest BCUT2D eigenvalue weighted by molar-refractivity contribution is 0.298. The summed E-state index contributed by atoms with van der Waals surface area (Å²) in [6.45, 7) is 19.4. The van der Waals surface area contributed by atoms with Gasteiger partial charge in [-0.05, 0) is 108 Å². The Labute approximate surface area is 469 Å². The molecule has 8 bridgehead atoms. The summed E-state index contributed by atoms with van der Waals surface area (Å²) >= 11 is 0. The summed E-state index contributed by atoms with van der Waals surface area (Å²) in [5.41, 5.74) is 10.6. The molecule has 80 heavy (non-hydrogen) atoms. The molecule has 2 aliphatic rings. The number of phenols is 6. The van der Waals surface area contributed by atoms with Gasteiger partial charge in [0.05, 0.1) is 39.3 Å². The van der Waals surface area contributed by atoms with E-state index in [1.165, 1.54) is 0 Å². The Hall–Kier alpha value is -8.72. The van der Waals surface area contributed by atoms with Crippen molar-refractivity contribution in [3.63, 3.8) is 0 Å². The van der Waals surface area contributed by atoms with Gasteiger partial charge >= 0.3 is 0 Å². The van der Waals surface area contributed by atoms with Crippen molar-refractivity contribution in [3.05, 3.63) is 212 Å². The van der Waals surface area contributed by atoms with Crippen molar-refractivity contribution >= 4 is 37.3 Å². The van der Waals surface area contributed by atoms with Crippen LogP contribution >= 0.6 is 0 Å². The molecule has 2 heterocycles. The lowest BCUT2D eigenvalue weighted by atomic mass is 9.96. The van der Waals surface area contributed by atoms with Crippen molar-refractivity contribution in [2.45, 2.75) is 38.5 Å². The maximum absolute atomic E-state index is 11.4. The van der Waals surface area contributed by atoms with Crippen LogP contribution in [0.15, 0.2) is 176 Å². The molecule has 6 aromatic carbocycles. The highest BCUT2D eigenvalue weighted by molar-refractivity contribution is 5.87. The minimum Gasteiger partial charge on any atom is -0.507 e. The molecule has 0 aliphatic carbocycles. The molecule has 0 amide bonds. The van der Waals surface area contributed by atoms with E-state index in [9.17, 15) is 30.6 Å². The van der Waals surface area contributed by atoms with Crippen LogP contribution in [0.1, 0.15) is 66.8 Å². The van der Waals surface area contributed by atoms with E-state index in [1.54, 1.807) is 37.3 Å². The van der Waals surface area contributed by atoms with E-state index in [1.807, 2.05) is 109 Å². The standard InChI is InChI=1S/C66H72N8O6/c1-46-34-49-10-4-16-55(61(49)75)40-67-22-28-73(29-23-68-41-56-17-5-11-50(35-46)62(56)76)32-26-71-44-59-20-8-14-53(65(59)79)38-48(3)39-54-15-9-21-60(66(54)80)45-72-27-33-74-30-24-69-42-57-18-6-12-51(63(57)77)36-47(2)37-52-13-7-19-58(64(52)78)43-70-25-31-74/h4-21,40-45,75-80H,1-3,22-39H2. The Morgan fingerprint density at radius 1 is 0.425 bits per heavy atom. The monoisotopic (exact) mass is 1070 g/mol. The van der Waals surface area contributed by atoms with E-state index >= 15 is 0 Å². The van der Waals surface area contributed by atoms with Crippen molar-refractivity contribution in [2.24, 2.45) is 30.0 Å². The van der Waals surface area contributed by atoms with Crippen molar-refractivity contribution in [3.8, 4) is 34.5 Å². The maximum Gasteiger partial charge on any atom is 0.127 e. The van der Waals surface area contributed by atoms with Gasteiger partial charge in [-0.25, -0.2) is 0 Å². The van der Waals surface area contributed by atoms with Crippen LogP contribution < -0.4 is 0 Å². The average Bonchev–Trinajstić information content (AvgIpc) is 3.43. The summed E-state index contributed by atoms with van der Waals surface area (Å²) in [7, 11) is 0. The highest BCUT2D eigenvalue weighted by atomic mass is 16.3. The van der Waals surface area contributed by atoms with Gasteiger partial charge in [-0.15, -0.1) is 0 Å². The van der Waals surface area contributed by atoms with Gasteiger partial charge < -0.3 is 30.6 Å². The number of nitrogens with zero attached hydrogens (tertiary/aromatic N) is 8. The zero-order valence-corrected chi connectivity index (χ0v) is 45.5. The molecule has 6 aromatic rings. The zero-order valence-electron chi connectivity index (χ0n) is 45.5. The Morgan fingerprint density at radius 2 is 0.725 bits per heavy atom. The third kappa shape index (κ3) is 16.2. The van der Waals surface area contributed by atoms with Crippen LogP contribution in [0.5, 0.6) is 34.5 Å². The number of allylic oxidation sites excluding steroid dienone is 3. The van der Waals surface area contributed by atoms with Crippen LogP contribution in [0, 0.1) is 0 Å². The Balaban J connectivity index is 0.851. The molecule has 0 saturated carbocycles. The molecule has 0 fully saturated rings. The minimum absolute atomic E-state index is 0.125. The fraction of sp³-hybridized carbons (Fsp3) is 0.273. The molecule has 0 radical (unpaired) electrons. The van der Waals surface area contributed by atoms with Crippen LogP contribution in [-0.4, -0.2) is 156 Å². The number of hydrogen-bond donors (Lipinski definition) is 6. The number of aliphatic imine (C=N–C) groups is 6. The first-order valence-corrected chi connectivity index (χ1v) is 27.2. The van der Waals surface area contributed by atoms with Gasteiger partial charge in [0.15, 0.2) is 0 Å². The molecule has 0 atom stereocenters. The van der Waals surface area contributed by atoms with E-state index in [-0.39, 0.29) is 34.5 Å². The van der Waals surface area contributed by atoms with Gasteiger partial charge in [0, 0.05) is 110 Å². The lowest BCUT2D eigenvalue weighted by Crippen LogP contribution is -2.31. The minimum atomic E-state index is 0.125. The van der Waals surface area contributed by atoms with Gasteiger partial charge in [-0.1, -0.05) is 109 Å². The molecule has 14 nitrogen and oxygen atoms in total. The predicted octanol–water partition coefficient (Wildman–Crippen LogP) is 9.49. The number of benzene rings is 6. The average molecular weight is 1070 g/mol. The van der Waals surface area contributed by atoms with Gasteiger partial charge in [0.1, 0.15) is 34.5 Å². The van der Waals surface area contributed by atoms with E-state index < -0.39 is 0 Å². The highest BCUT2D eigenvalue weighted by Crippen LogP contribution is 2.31. The van der Waals surface area contributed by atoms with Crippen LogP contribution in [0.3, 0.4) is 0 Å². The van der Waals surface area contributed by atoms with Gasteiger partial charge in [0.25, 0.3) is 0 Å². The van der Waals surface area contributed by atoms with E-state index in [0.29, 0.717) is 162 Å². The molecule has 2 aliphatic heterocycles. The molecule has 6 N–H and O–H groups in total. The summed E-state index contributed by atoms with van der Waals surface area (Å²) in [5, 5.41) is 67.1. The quantitative estimate of drug-likeness (QED) is 0.0514. The Morgan fingerprint density at radius 3 is 1.04 bits per heavy atom. The van der Waals surface area contributed by atoms with Crippen LogP contribution in [0.4, 0.5) is 0 Å². The number of aromatic hydroxyl groups is 6. The van der Waals surface area contributed by atoms with Gasteiger partial charge in [-0.3, -0.25) is 39.8 Å². The molecule has 412 valence electrons. The smallest absolute Gasteiger partial charge is 0.127 e. The highest BCUT2D eigenvalue weighted by Gasteiger charge is 2.16. The number of hydrogen-bond acceptors (Lipinski definition) is 14. The van der Waals surface area contributed by atoms with E-state index in [0.717, 1.165) is 39.0 Å². The van der Waals surface area contributed by atoms with E-state index in [2.05, 4.69) is 49.5 Å². The van der Waals surface area contributed by atoms with Crippen molar-refractivity contribution in [2.75, 3.05) is 78.5 Å². The van der Waals surface area contributed by atoms with Crippen LogP contribution in [0.25, 0.3) is 0 Å². The SMILES string of the molecule is C=C(Cc1cccc(C=NCCN2CCN=Cc3cccc(c3O)CC(=C)Cc3cccc(c3O)C=NCC2)c1O)Cc1cccc(C=NCCN2CCN=Cc3cccc(c3O)CC(=C)Cc3cccc(c3O)C=NCC2)c1O. The van der Waals surface area contributed by atoms with Crippen LogP contribution in [0.2, 0.25) is 0 Å². The second-order valence-corrected chi connectivity index (χ2v) is 20.3. The molecular formula is C66H72N8O6. The number of phenolic OH excluding ortho intramolecular Hbond substituents is 6. The van der Waals surface area contributed by atoms with E-state index in [4.69, 9.17) is 9.98 Å². The summed E-state index contributed by atoms with van der Waals surface area (Å²) < 4.78 is 0. The molecular weight excluding hydrogens is 1000 g/mol. The summed E-state index contributed by atoms with van der Waals surface area (Å²) in [6, 6.07) is 33.6. The van der Waals surface area contributed by atoms with Crippen LogP contribution in [-0.2, 0) is 38.5 Å². The molecule has 0 spiro atoms. The van der Waals surface area contributed by atoms with Gasteiger partial charge in [0.2, 0.25) is 0 Å². The normalized spacial score (nSPS) is 15.4. The molecule has 8 rings (SSSR count). The molecule has 0 unspecified atom stereocenters. The first-order valence-electron chi connectivity index (χ1n) is 27.2. The van der Waals surface area contributed by atoms with Gasteiger partial charge in [-0.2, -0.15) is 0 Å². The fourth-order valence-electron chi connectivity index (χ4n) is 9.79. The Kier molecular flexibility index (Phi) is 20.7. The lowest BCUT2D eigenvalue weighted by Gasteiger charge is -2.19. The third-order valence-corrected chi connectivity index (χ3v) is 14.2. The summed E-state index contributed by atoms with van der Waals surface area (Å²) in [4.78, 5) is 32.4. The topological polar surface area (TPSA) is 202 Å². The zero-order chi connectivity index (χ0) is 56.2. The first-order chi connectivity index (χ1) is 38.9. The predicted molar refractivity (Wildman–Crippen MR) is 326 cm³/mol. The molecule has 0 aromatic heterocycles. The Bertz CT molecular complexity index is 3000.